The Bertz CT molecular complexity index is 536. The van der Waals surface area contributed by atoms with E-state index >= 15 is 0 Å². The second kappa shape index (κ2) is 7.12. The lowest BCUT2D eigenvalue weighted by Crippen LogP contribution is -2.43. The maximum atomic E-state index is 12.4. The molecule has 0 fully saturated rings. The monoisotopic (exact) mass is 273 g/mol. The summed E-state index contributed by atoms with van der Waals surface area (Å²) in [7, 11) is 0. The minimum absolute atomic E-state index is 0.116. The van der Waals surface area contributed by atoms with Crippen molar-refractivity contribution < 1.29 is 9.90 Å². The number of aliphatic hydroxyl groups is 1. The molecule has 0 aliphatic heterocycles. The van der Waals surface area contributed by atoms with Crippen LogP contribution in [0.5, 0.6) is 0 Å². The van der Waals surface area contributed by atoms with Crippen LogP contribution in [0.1, 0.15) is 55.1 Å². The number of aryl methyl sites for hydroxylation is 1. The van der Waals surface area contributed by atoms with Crippen molar-refractivity contribution in [2.75, 3.05) is 6.61 Å². The lowest BCUT2D eigenvalue weighted by Gasteiger charge is -2.26. The van der Waals surface area contributed by atoms with E-state index in [1.165, 1.54) is 0 Å². The van der Waals surface area contributed by atoms with E-state index in [2.05, 4.69) is 24.1 Å². The van der Waals surface area contributed by atoms with Gasteiger partial charge in [-0.25, -0.2) is 0 Å². The topological polar surface area (TPSA) is 49.3 Å². The third-order valence-electron chi connectivity index (χ3n) is 3.05. The van der Waals surface area contributed by atoms with Gasteiger partial charge in [0, 0.05) is 11.1 Å². The number of aliphatic hydroxyl groups excluding tert-OH is 1. The molecule has 0 saturated carbocycles. The minimum atomic E-state index is -0.239. The highest BCUT2D eigenvalue weighted by Crippen LogP contribution is 2.15. The van der Waals surface area contributed by atoms with Crippen LogP contribution in [0.4, 0.5) is 0 Å². The van der Waals surface area contributed by atoms with Gasteiger partial charge in [-0.15, -0.1) is 0 Å². The Hall–Kier alpha value is -1.79. The predicted molar refractivity (Wildman–Crippen MR) is 81.6 cm³/mol. The maximum absolute atomic E-state index is 12.4. The SMILES string of the molecule is CCCC(C)(C)NC(=O)c1cc(C)ccc1C#CCO. The van der Waals surface area contributed by atoms with Crippen molar-refractivity contribution in [1.29, 1.82) is 0 Å². The summed E-state index contributed by atoms with van der Waals surface area (Å²) >= 11 is 0. The van der Waals surface area contributed by atoms with Gasteiger partial charge in [0.15, 0.2) is 0 Å². The molecule has 0 saturated heterocycles. The molecule has 0 bridgehead atoms. The molecule has 1 aromatic rings. The lowest BCUT2D eigenvalue weighted by atomic mass is 9.97. The molecule has 20 heavy (non-hydrogen) atoms. The molecule has 3 heteroatoms. The van der Waals surface area contributed by atoms with Crippen LogP contribution >= 0.6 is 0 Å². The van der Waals surface area contributed by atoms with Crippen molar-refractivity contribution in [3.63, 3.8) is 0 Å². The van der Waals surface area contributed by atoms with Crippen molar-refractivity contribution >= 4 is 5.91 Å². The number of rotatable bonds is 4. The van der Waals surface area contributed by atoms with Crippen molar-refractivity contribution in [3.8, 4) is 11.8 Å². The summed E-state index contributed by atoms with van der Waals surface area (Å²) in [5, 5.41) is 11.8. The number of carbonyl (C=O) groups is 1. The van der Waals surface area contributed by atoms with Crippen LogP contribution in [-0.4, -0.2) is 23.2 Å². The van der Waals surface area contributed by atoms with Crippen LogP contribution in [0, 0.1) is 18.8 Å². The van der Waals surface area contributed by atoms with E-state index < -0.39 is 0 Å². The number of benzene rings is 1. The number of hydrogen-bond acceptors (Lipinski definition) is 2. The smallest absolute Gasteiger partial charge is 0.252 e. The average molecular weight is 273 g/mol. The molecule has 0 aromatic heterocycles. The molecule has 0 unspecified atom stereocenters. The quantitative estimate of drug-likeness (QED) is 0.829. The fourth-order valence-electron chi connectivity index (χ4n) is 2.15. The van der Waals surface area contributed by atoms with Gasteiger partial charge in [0.05, 0.1) is 5.56 Å². The average Bonchev–Trinajstić information content (AvgIpc) is 2.36. The second-order valence-corrected chi connectivity index (χ2v) is 5.60. The van der Waals surface area contributed by atoms with Gasteiger partial charge in [-0.05, 0) is 39.3 Å². The van der Waals surface area contributed by atoms with Gasteiger partial charge in [-0.3, -0.25) is 4.79 Å². The maximum Gasteiger partial charge on any atom is 0.252 e. The Morgan fingerprint density at radius 1 is 1.40 bits per heavy atom. The van der Waals surface area contributed by atoms with Crippen LogP contribution < -0.4 is 5.32 Å². The van der Waals surface area contributed by atoms with Crippen molar-refractivity contribution in [1.82, 2.24) is 5.32 Å². The summed E-state index contributed by atoms with van der Waals surface area (Å²) in [6, 6.07) is 5.56. The Morgan fingerprint density at radius 2 is 2.10 bits per heavy atom. The van der Waals surface area contributed by atoms with Crippen LogP contribution in [0.25, 0.3) is 0 Å². The number of amides is 1. The summed E-state index contributed by atoms with van der Waals surface area (Å²) in [4.78, 5) is 12.4. The van der Waals surface area contributed by atoms with E-state index in [1.54, 1.807) is 0 Å². The highest BCUT2D eigenvalue weighted by Gasteiger charge is 2.21. The standard InChI is InChI=1S/C17H23NO2/c1-5-10-17(3,4)18-16(20)15-12-13(2)8-9-14(15)7-6-11-19/h8-9,12,19H,5,10-11H2,1-4H3,(H,18,20). The van der Waals surface area contributed by atoms with Gasteiger partial charge in [0.1, 0.15) is 6.61 Å². The number of hydrogen-bond donors (Lipinski definition) is 2. The van der Waals surface area contributed by atoms with Crippen molar-refractivity contribution in [3.05, 3.63) is 34.9 Å². The first-order chi connectivity index (χ1) is 9.39. The van der Waals surface area contributed by atoms with Crippen LogP contribution in [0.15, 0.2) is 18.2 Å². The number of carbonyl (C=O) groups excluding carboxylic acids is 1. The summed E-state index contributed by atoms with van der Waals surface area (Å²) in [6.07, 6.45) is 1.93. The van der Waals surface area contributed by atoms with E-state index in [-0.39, 0.29) is 18.1 Å². The van der Waals surface area contributed by atoms with E-state index in [0.29, 0.717) is 11.1 Å². The molecule has 0 spiro atoms. The van der Waals surface area contributed by atoms with E-state index in [9.17, 15) is 4.79 Å². The molecule has 0 atom stereocenters. The summed E-state index contributed by atoms with van der Waals surface area (Å²) < 4.78 is 0. The summed E-state index contributed by atoms with van der Waals surface area (Å²) in [6.45, 7) is 7.86. The molecule has 1 aromatic carbocycles. The highest BCUT2D eigenvalue weighted by molar-refractivity contribution is 5.97. The van der Waals surface area contributed by atoms with E-state index in [4.69, 9.17) is 5.11 Å². The molecule has 0 heterocycles. The first-order valence-electron chi connectivity index (χ1n) is 6.92. The van der Waals surface area contributed by atoms with Gasteiger partial charge in [-0.2, -0.15) is 0 Å². The Labute approximate surface area is 121 Å². The van der Waals surface area contributed by atoms with Crippen LogP contribution in [-0.2, 0) is 0 Å². The van der Waals surface area contributed by atoms with Gasteiger partial charge in [0.25, 0.3) is 5.91 Å². The van der Waals surface area contributed by atoms with Crippen molar-refractivity contribution in [2.45, 2.75) is 46.1 Å². The first-order valence-corrected chi connectivity index (χ1v) is 6.92. The van der Waals surface area contributed by atoms with E-state index in [0.717, 1.165) is 18.4 Å². The molecule has 108 valence electrons. The molecule has 1 amide bonds. The van der Waals surface area contributed by atoms with Crippen molar-refractivity contribution in [2.24, 2.45) is 0 Å². The van der Waals surface area contributed by atoms with Gasteiger partial charge < -0.3 is 10.4 Å². The molecule has 3 nitrogen and oxygen atoms in total. The Morgan fingerprint density at radius 3 is 2.70 bits per heavy atom. The zero-order chi connectivity index (χ0) is 15.2. The van der Waals surface area contributed by atoms with Crippen LogP contribution in [0.2, 0.25) is 0 Å². The molecule has 2 N–H and O–H groups in total. The second-order valence-electron chi connectivity index (χ2n) is 5.60. The van der Waals surface area contributed by atoms with Crippen LogP contribution in [0.3, 0.4) is 0 Å². The van der Waals surface area contributed by atoms with Gasteiger partial charge >= 0.3 is 0 Å². The van der Waals surface area contributed by atoms with Gasteiger partial charge in [0.2, 0.25) is 0 Å². The summed E-state index contributed by atoms with van der Waals surface area (Å²) in [5.74, 6) is 5.30. The first kappa shape index (κ1) is 16.3. The minimum Gasteiger partial charge on any atom is -0.384 e. The number of nitrogens with one attached hydrogen (secondary N) is 1. The molecule has 0 aliphatic carbocycles. The third-order valence-corrected chi connectivity index (χ3v) is 3.05. The van der Waals surface area contributed by atoms with E-state index in [1.807, 2.05) is 39.0 Å². The summed E-state index contributed by atoms with van der Waals surface area (Å²) in [5.41, 5.74) is 1.99. The molecule has 0 aliphatic rings. The zero-order valence-corrected chi connectivity index (χ0v) is 12.7. The Balaban J connectivity index is 3.05. The fraction of sp³-hybridized carbons (Fsp3) is 0.471. The Kier molecular flexibility index (Phi) is 5.79. The predicted octanol–water partition coefficient (Wildman–Crippen LogP) is 2.65. The molecule has 0 radical (unpaired) electrons. The lowest BCUT2D eigenvalue weighted by molar-refractivity contribution is 0.0908. The largest absolute Gasteiger partial charge is 0.384 e. The third kappa shape index (κ3) is 4.71. The fourth-order valence-corrected chi connectivity index (χ4v) is 2.15. The molecular weight excluding hydrogens is 250 g/mol. The highest BCUT2D eigenvalue weighted by atomic mass is 16.2. The molecular formula is C17H23NO2. The zero-order valence-electron chi connectivity index (χ0n) is 12.7. The normalized spacial score (nSPS) is 10.7. The molecule has 1 rings (SSSR count). The van der Waals surface area contributed by atoms with Gasteiger partial charge in [-0.1, -0.05) is 36.8 Å².